The molecule has 0 aliphatic heterocycles. The fraction of sp³-hybridized carbons (Fsp3) is 0.130. The number of carbonyl (C=O) groups excluding carboxylic acids is 1. The van der Waals surface area contributed by atoms with Crippen LogP contribution in [0.3, 0.4) is 0 Å². The molecule has 2 aromatic heterocycles. The first-order valence-electron chi connectivity index (χ1n) is 10.1. The first-order chi connectivity index (χ1) is 15.7. The third-order valence-electron chi connectivity index (χ3n) is 4.81. The van der Waals surface area contributed by atoms with Gasteiger partial charge in [-0.3, -0.25) is 9.89 Å². The summed E-state index contributed by atoms with van der Waals surface area (Å²) in [6, 6.07) is 16.9. The van der Waals surface area contributed by atoms with E-state index in [1.54, 1.807) is 12.1 Å². The number of amides is 1. The minimum absolute atomic E-state index is 0.0140. The number of rotatable bonds is 6. The predicted molar refractivity (Wildman–Crippen MR) is 125 cm³/mol. The molecule has 0 saturated heterocycles. The smallest absolute Gasteiger partial charge is 0.254 e. The minimum Gasteiger partial charge on any atom is -0.326 e. The van der Waals surface area contributed by atoms with Crippen molar-refractivity contribution in [1.82, 2.24) is 20.2 Å². The highest BCUT2D eigenvalue weighted by atomic mass is 32.2. The summed E-state index contributed by atoms with van der Waals surface area (Å²) in [6.07, 6.45) is 0. The molecule has 1 amide bonds. The van der Waals surface area contributed by atoms with Gasteiger partial charge in [0.25, 0.3) is 5.16 Å². The van der Waals surface area contributed by atoms with E-state index < -0.39 is 9.84 Å². The molecular weight excluding hydrogens is 440 g/mol. The van der Waals surface area contributed by atoms with Crippen molar-refractivity contribution in [1.29, 1.82) is 0 Å². The first kappa shape index (κ1) is 22.2. The zero-order valence-electron chi connectivity index (χ0n) is 18.2. The molecule has 168 valence electrons. The Balaban J connectivity index is 1.80. The highest BCUT2D eigenvalue weighted by Crippen LogP contribution is 2.28. The van der Waals surface area contributed by atoms with Gasteiger partial charge in [-0.15, -0.1) is 0 Å². The Hall–Kier alpha value is -4.05. The molecule has 10 heteroatoms. The number of anilines is 3. The van der Waals surface area contributed by atoms with Gasteiger partial charge in [-0.05, 0) is 43.7 Å². The van der Waals surface area contributed by atoms with Crippen molar-refractivity contribution in [2.45, 2.75) is 30.8 Å². The second-order valence-electron chi connectivity index (χ2n) is 7.51. The van der Waals surface area contributed by atoms with Gasteiger partial charge in [0.2, 0.25) is 15.7 Å². The van der Waals surface area contributed by atoms with E-state index in [4.69, 9.17) is 0 Å². The molecule has 0 atom stereocenters. The van der Waals surface area contributed by atoms with E-state index >= 15 is 0 Å². The van der Waals surface area contributed by atoms with E-state index in [1.165, 1.54) is 31.2 Å². The summed E-state index contributed by atoms with van der Waals surface area (Å²) in [4.78, 5) is 19.9. The van der Waals surface area contributed by atoms with Gasteiger partial charge in [-0.1, -0.05) is 24.3 Å². The number of H-pyrrole nitrogens is 1. The van der Waals surface area contributed by atoms with E-state index in [-0.39, 0.29) is 16.0 Å². The van der Waals surface area contributed by atoms with E-state index in [1.807, 2.05) is 38.1 Å². The number of nitrogens with zero attached hydrogens (tertiary/aromatic N) is 3. The molecular formula is C23H22N6O3S. The monoisotopic (exact) mass is 462 g/mol. The van der Waals surface area contributed by atoms with Crippen molar-refractivity contribution >= 4 is 33.1 Å². The lowest BCUT2D eigenvalue weighted by atomic mass is 10.1. The Morgan fingerprint density at radius 1 is 0.939 bits per heavy atom. The Kier molecular flexibility index (Phi) is 5.93. The number of sulfone groups is 1. The molecule has 0 spiro atoms. The SMILES string of the molecule is CC(=O)Nc1ccc(S(=O)(=O)c2nc(Nc3cc(C)[nH]n3)cc(-c3ccccc3C)n2)cc1. The summed E-state index contributed by atoms with van der Waals surface area (Å²) in [5, 5.41) is 12.3. The molecule has 0 aliphatic rings. The summed E-state index contributed by atoms with van der Waals surface area (Å²) >= 11 is 0. The Morgan fingerprint density at radius 3 is 2.30 bits per heavy atom. The van der Waals surface area contributed by atoms with Gasteiger partial charge < -0.3 is 10.6 Å². The Labute approximate surface area is 191 Å². The molecule has 33 heavy (non-hydrogen) atoms. The van der Waals surface area contributed by atoms with Crippen LogP contribution in [0.2, 0.25) is 0 Å². The number of nitrogens with one attached hydrogen (secondary N) is 3. The number of aryl methyl sites for hydroxylation is 2. The van der Waals surface area contributed by atoms with Crippen LogP contribution in [0.25, 0.3) is 11.3 Å². The second-order valence-corrected chi connectivity index (χ2v) is 9.35. The van der Waals surface area contributed by atoms with E-state index in [9.17, 15) is 13.2 Å². The maximum absolute atomic E-state index is 13.4. The lowest BCUT2D eigenvalue weighted by molar-refractivity contribution is -0.114. The summed E-state index contributed by atoms with van der Waals surface area (Å²) in [6.45, 7) is 5.17. The number of hydrogen-bond acceptors (Lipinski definition) is 7. The zero-order valence-corrected chi connectivity index (χ0v) is 19.1. The normalized spacial score (nSPS) is 11.2. The van der Waals surface area contributed by atoms with E-state index in [0.717, 1.165) is 16.8 Å². The third kappa shape index (κ3) is 4.90. The highest BCUT2D eigenvalue weighted by molar-refractivity contribution is 7.91. The number of benzene rings is 2. The van der Waals surface area contributed by atoms with Gasteiger partial charge in [0.15, 0.2) is 5.82 Å². The fourth-order valence-electron chi connectivity index (χ4n) is 3.25. The standard InChI is InChI=1S/C23H22N6O3S/c1-14-6-4-5-7-19(14)20-13-21(26-22-12-15(2)28-29-22)27-23(25-20)33(31,32)18-10-8-17(9-11-18)24-16(3)30/h4-13H,1-3H3,(H,24,30)(H2,25,26,27,28,29). The highest BCUT2D eigenvalue weighted by Gasteiger charge is 2.24. The van der Waals surface area contributed by atoms with Crippen LogP contribution in [0.4, 0.5) is 17.3 Å². The average molecular weight is 463 g/mol. The second kappa shape index (κ2) is 8.83. The van der Waals surface area contributed by atoms with Gasteiger partial charge in [0.05, 0.1) is 10.6 Å². The van der Waals surface area contributed by atoms with Gasteiger partial charge in [-0.25, -0.2) is 18.4 Å². The first-order valence-corrected chi connectivity index (χ1v) is 11.6. The van der Waals surface area contributed by atoms with Crippen LogP contribution in [0.1, 0.15) is 18.2 Å². The van der Waals surface area contributed by atoms with Crippen LogP contribution in [-0.2, 0) is 14.6 Å². The van der Waals surface area contributed by atoms with Crippen LogP contribution < -0.4 is 10.6 Å². The largest absolute Gasteiger partial charge is 0.326 e. The van der Waals surface area contributed by atoms with Crippen LogP contribution in [-0.4, -0.2) is 34.5 Å². The summed E-state index contributed by atoms with van der Waals surface area (Å²) in [5.74, 6) is 0.553. The van der Waals surface area contributed by atoms with Crippen LogP contribution in [0.5, 0.6) is 0 Å². The van der Waals surface area contributed by atoms with E-state index in [2.05, 4.69) is 30.8 Å². The maximum Gasteiger partial charge on any atom is 0.254 e. The lowest BCUT2D eigenvalue weighted by Crippen LogP contribution is -2.11. The zero-order chi connectivity index (χ0) is 23.6. The van der Waals surface area contributed by atoms with Gasteiger partial charge in [-0.2, -0.15) is 5.10 Å². The lowest BCUT2D eigenvalue weighted by Gasteiger charge is -2.11. The van der Waals surface area contributed by atoms with Gasteiger partial charge in [0.1, 0.15) is 5.82 Å². The summed E-state index contributed by atoms with van der Waals surface area (Å²) in [5.41, 5.74) is 3.54. The van der Waals surface area contributed by atoms with Crippen LogP contribution in [0.15, 0.2) is 70.7 Å². The average Bonchev–Trinajstić information content (AvgIpc) is 3.18. The molecule has 4 aromatic rings. The maximum atomic E-state index is 13.4. The molecule has 0 radical (unpaired) electrons. The van der Waals surface area contributed by atoms with Crippen molar-refractivity contribution < 1.29 is 13.2 Å². The van der Waals surface area contributed by atoms with Crippen molar-refractivity contribution in [3.8, 4) is 11.3 Å². The predicted octanol–water partition coefficient (Wildman–Crippen LogP) is 4.02. The minimum atomic E-state index is -4.04. The van der Waals surface area contributed by atoms with Gasteiger partial charge in [0, 0.05) is 36.0 Å². The third-order valence-corrected chi connectivity index (χ3v) is 6.37. The summed E-state index contributed by atoms with van der Waals surface area (Å²) < 4.78 is 26.8. The molecule has 0 unspecified atom stereocenters. The Morgan fingerprint density at radius 2 is 1.67 bits per heavy atom. The number of carbonyl (C=O) groups is 1. The number of aromatic nitrogens is 4. The van der Waals surface area contributed by atoms with Crippen molar-refractivity contribution in [2.75, 3.05) is 10.6 Å². The fourth-order valence-corrected chi connectivity index (χ4v) is 4.39. The van der Waals surface area contributed by atoms with Crippen LogP contribution >= 0.6 is 0 Å². The molecule has 9 nitrogen and oxygen atoms in total. The molecule has 3 N–H and O–H groups in total. The number of aromatic amines is 1. The molecule has 2 aromatic carbocycles. The number of hydrogen-bond donors (Lipinski definition) is 3. The quantitative estimate of drug-likeness (QED) is 0.369. The van der Waals surface area contributed by atoms with Gasteiger partial charge >= 0.3 is 0 Å². The van der Waals surface area contributed by atoms with Crippen LogP contribution in [0, 0.1) is 13.8 Å². The van der Waals surface area contributed by atoms with Crippen molar-refractivity contribution in [3.05, 3.63) is 71.9 Å². The topological polar surface area (TPSA) is 130 Å². The van der Waals surface area contributed by atoms with E-state index in [0.29, 0.717) is 23.0 Å². The van der Waals surface area contributed by atoms with Crippen molar-refractivity contribution in [3.63, 3.8) is 0 Å². The summed E-state index contributed by atoms with van der Waals surface area (Å²) in [7, 11) is -4.04. The molecule has 2 heterocycles. The molecule has 0 bridgehead atoms. The van der Waals surface area contributed by atoms with Crippen molar-refractivity contribution in [2.24, 2.45) is 0 Å². The molecule has 0 aliphatic carbocycles. The molecule has 4 rings (SSSR count). The Bertz CT molecular complexity index is 1430. The molecule has 0 saturated carbocycles. The molecule has 0 fully saturated rings.